The van der Waals surface area contributed by atoms with Crippen LogP contribution < -0.4 is 4.74 Å². The number of hydrogen-bond donors (Lipinski definition) is 1. The fourth-order valence-electron chi connectivity index (χ4n) is 2.99. The fourth-order valence-corrected chi connectivity index (χ4v) is 3.32. The van der Waals surface area contributed by atoms with Crippen molar-refractivity contribution in [2.75, 3.05) is 7.11 Å². The molecule has 1 heterocycles. The number of rotatable bonds is 5. The van der Waals surface area contributed by atoms with Crippen LogP contribution in [0.1, 0.15) is 46.5 Å². The lowest BCUT2D eigenvalue weighted by Crippen LogP contribution is -2.23. The van der Waals surface area contributed by atoms with Gasteiger partial charge in [-0.05, 0) is 41.3 Å². The Morgan fingerprint density at radius 2 is 2.00 bits per heavy atom. The molecule has 5 heteroatoms. The molecule has 0 fully saturated rings. The first-order valence-corrected chi connectivity index (χ1v) is 8.33. The van der Waals surface area contributed by atoms with Gasteiger partial charge in [-0.1, -0.05) is 36.7 Å². The van der Waals surface area contributed by atoms with Crippen molar-refractivity contribution in [3.8, 4) is 5.75 Å². The number of halogens is 1. The van der Waals surface area contributed by atoms with Crippen LogP contribution in [-0.4, -0.2) is 23.0 Å². The van der Waals surface area contributed by atoms with Gasteiger partial charge in [-0.3, -0.25) is 4.79 Å². The largest absolute Gasteiger partial charge is 0.497 e. The van der Waals surface area contributed by atoms with Crippen LogP contribution in [0.15, 0.2) is 36.4 Å². The van der Waals surface area contributed by atoms with E-state index in [1.165, 1.54) is 0 Å². The minimum atomic E-state index is -0.557. The molecule has 1 aliphatic rings. The molecule has 126 valence electrons. The molecule has 0 spiro atoms. The standard InChI is InChI=1S/C19H20ClNO3/c1-3-17(22)13-8-14-11-21(19(23)18(14)16(20)9-13)10-12-4-6-15(24-2)7-5-12/h4-9,17,22H,3,10-11H2,1-2H3. The van der Waals surface area contributed by atoms with Gasteiger partial charge >= 0.3 is 0 Å². The predicted molar refractivity (Wildman–Crippen MR) is 93.3 cm³/mol. The molecule has 1 N–H and O–H groups in total. The minimum absolute atomic E-state index is 0.0663. The van der Waals surface area contributed by atoms with Gasteiger partial charge in [0.15, 0.2) is 0 Å². The smallest absolute Gasteiger partial charge is 0.256 e. The zero-order chi connectivity index (χ0) is 17.3. The van der Waals surface area contributed by atoms with Crippen LogP contribution in [0.2, 0.25) is 5.02 Å². The van der Waals surface area contributed by atoms with Gasteiger partial charge in [0.2, 0.25) is 0 Å². The van der Waals surface area contributed by atoms with Gasteiger partial charge in [0.05, 0.1) is 23.8 Å². The van der Waals surface area contributed by atoms with Gasteiger partial charge in [0, 0.05) is 13.1 Å². The van der Waals surface area contributed by atoms with E-state index >= 15 is 0 Å². The Bertz CT molecular complexity index is 758. The van der Waals surface area contributed by atoms with Crippen molar-refractivity contribution in [1.82, 2.24) is 4.90 Å². The summed E-state index contributed by atoms with van der Waals surface area (Å²) in [6.07, 6.45) is 0.0528. The lowest BCUT2D eigenvalue weighted by Gasteiger charge is -2.15. The number of methoxy groups -OCH3 is 1. The Morgan fingerprint density at radius 1 is 1.29 bits per heavy atom. The van der Waals surface area contributed by atoms with Gasteiger partial charge in [0.1, 0.15) is 5.75 Å². The molecule has 0 bridgehead atoms. The molecule has 1 aliphatic heterocycles. The third-order valence-electron chi connectivity index (χ3n) is 4.36. The number of carbonyl (C=O) groups excluding carboxylic acids is 1. The second-order valence-electron chi connectivity index (χ2n) is 5.97. The Labute approximate surface area is 146 Å². The topological polar surface area (TPSA) is 49.8 Å². The first-order valence-electron chi connectivity index (χ1n) is 7.96. The Morgan fingerprint density at radius 3 is 2.62 bits per heavy atom. The normalized spacial score (nSPS) is 14.7. The Hall–Kier alpha value is -2.04. The first-order chi connectivity index (χ1) is 11.5. The number of nitrogens with zero attached hydrogens (tertiary/aromatic N) is 1. The van der Waals surface area contributed by atoms with E-state index in [2.05, 4.69) is 0 Å². The number of aliphatic hydroxyl groups is 1. The lowest BCUT2D eigenvalue weighted by molar-refractivity contribution is 0.0767. The predicted octanol–water partition coefficient (Wildman–Crippen LogP) is 3.95. The van der Waals surface area contributed by atoms with Gasteiger partial charge in [-0.15, -0.1) is 0 Å². The number of ether oxygens (including phenoxy) is 1. The summed E-state index contributed by atoms with van der Waals surface area (Å²) in [5, 5.41) is 10.4. The van der Waals surface area contributed by atoms with Crippen molar-refractivity contribution in [2.24, 2.45) is 0 Å². The van der Waals surface area contributed by atoms with Crippen molar-refractivity contribution in [3.05, 3.63) is 63.7 Å². The van der Waals surface area contributed by atoms with Gasteiger partial charge < -0.3 is 14.7 Å². The van der Waals surface area contributed by atoms with Crippen molar-refractivity contribution in [3.63, 3.8) is 0 Å². The molecule has 0 saturated carbocycles. The van der Waals surface area contributed by atoms with E-state index < -0.39 is 6.10 Å². The van der Waals surface area contributed by atoms with E-state index in [9.17, 15) is 9.90 Å². The molecule has 1 atom stereocenters. The van der Waals surface area contributed by atoms with Crippen molar-refractivity contribution in [2.45, 2.75) is 32.5 Å². The van der Waals surface area contributed by atoms with Gasteiger partial charge in [-0.25, -0.2) is 0 Å². The average molecular weight is 346 g/mol. The van der Waals surface area contributed by atoms with E-state index in [0.29, 0.717) is 30.1 Å². The van der Waals surface area contributed by atoms with Gasteiger partial charge in [-0.2, -0.15) is 0 Å². The second-order valence-corrected chi connectivity index (χ2v) is 6.38. The molecular formula is C19H20ClNO3. The summed E-state index contributed by atoms with van der Waals surface area (Å²) >= 11 is 6.30. The quantitative estimate of drug-likeness (QED) is 0.892. The number of carbonyl (C=O) groups is 1. The van der Waals surface area contributed by atoms with Crippen LogP contribution in [0, 0.1) is 0 Å². The molecule has 4 nitrogen and oxygen atoms in total. The summed E-state index contributed by atoms with van der Waals surface area (Å²) in [5.41, 5.74) is 3.22. The van der Waals surface area contributed by atoms with E-state index in [4.69, 9.17) is 16.3 Å². The molecular weight excluding hydrogens is 326 g/mol. The molecule has 0 radical (unpaired) electrons. The second kappa shape index (κ2) is 6.83. The highest BCUT2D eigenvalue weighted by atomic mass is 35.5. The zero-order valence-corrected chi connectivity index (χ0v) is 14.5. The molecule has 2 aromatic carbocycles. The van der Waals surface area contributed by atoms with Crippen molar-refractivity contribution >= 4 is 17.5 Å². The third-order valence-corrected chi connectivity index (χ3v) is 4.66. The molecule has 3 rings (SSSR count). The molecule has 24 heavy (non-hydrogen) atoms. The number of benzene rings is 2. The first kappa shape index (κ1) is 16.8. The van der Waals surface area contributed by atoms with Crippen molar-refractivity contribution in [1.29, 1.82) is 0 Å². The highest BCUT2D eigenvalue weighted by Gasteiger charge is 2.30. The van der Waals surface area contributed by atoms with Crippen LogP contribution in [0.4, 0.5) is 0 Å². The molecule has 2 aromatic rings. The monoisotopic (exact) mass is 345 g/mol. The third kappa shape index (κ3) is 3.12. The van der Waals surface area contributed by atoms with E-state index in [1.807, 2.05) is 37.3 Å². The van der Waals surface area contributed by atoms with E-state index in [1.54, 1.807) is 18.1 Å². The summed E-state index contributed by atoms with van der Waals surface area (Å²) in [6.45, 7) is 2.93. The van der Waals surface area contributed by atoms with Crippen LogP contribution in [0.3, 0.4) is 0 Å². The van der Waals surface area contributed by atoms with Crippen LogP contribution in [-0.2, 0) is 13.1 Å². The van der Waals surface area contributed by atoms with Crippen molar-refractivity contribution < 1.29 is 14.6 Å². The highest BCUT2D eigenvalue weighted by Crippen LogP contribution is 2.34. The lowest BCUT2D eigenvalue weighted by atomic mass is 10.0. The maximum absolute atomic E-state index is 12.7. The molecule has 0 saturated heterocycles. The van der Waals surface area contributed by atoms with Crippen LogP contribution >= 0.6 is 11.6 Å². The van der Waals surface area contributed by atoms with E-state index in [0.717, 1.165) is 22.4 Å². The average Bonchev–Trinajstić information content (AvgIpc) is 2.91. The van der Waals surface area contributed by atoms with E-state index in [-0.39, 0.29) is 5.91 Å². The van der Waals surface area contributed by atoms with Crippen LogP contribution in [0.25, 0.3) is 0 Å². The number of hydrogen-bond acceptors (Lipinski definition) is 3. The molecule has 1 amide bonds. The number of fused-ring (bicyclic) bond motifs is 1. The maximum Gasteiger partial charge on any atom is 0.256 e. The fraction of sp³-hybridized carbons (Fsp3) is 0.316. The SMILES string of the molecule is CCC(O)c1cc(Cl)c2c(c1)CN(Cc1ccc(OC)cc1)C2=O. The summed E-state index contributed by atoms with van der Waals surface area (Å²) in [7, 11) is 1.62. The molecule has 1 unspecified atom stereocenters. The number of aliphatic hydroxyl groups excluding tert-OH is 1. The Kier molecular flexibility index (Phi) is 4.78. The maximum atomic E-state index is 12.7. The summed E-state index contributed by atoms with van der Waals surface area (Å²) in [6, 6.07) is 11.2. The zero-order valence-electron chi connectivity index (χ0n) is 13.8. The minimum Gasteiger partial charge on any atom is -0.497 e. The summed E-state index contributed by atoms with van der Waals surface area (Å²) in [4.78, 5) is 14.4. The van der Waals surface area contributed by atoms with Crippen LogP contribution in [0.5, 0.6) is 5.75 Å². The molecule has 0 aliphatic carbocycles. The highest BCUT2D eigenvalue weighted by molar-refractivity contribution is 6.34. The summed E-state index contributed by atoms with van der Waals surface area (Å²) in [5.74, 6) is 0.722. The summed E-state index contributed by atoms with van der Waals surface area (Å²) < 4.78 is 5.15. The number of amides is 1. The Balaban J connectivity index is 1.83. The van der Waals surface area contributed by atoms with Gasteiger partial charge in [0.25, 0.3) is 5.91 Å². The molecule has 0 aromatic heterocycles.